The fraction of sp³-hybridized carbons (Fsp3) is 0.800. The molecule has 0 amide bonds. The van der Waals surface area contributed by atoms with E-state index in [0.29, 0.717) is 0 Å². The minimum Gasteiger partial charge on any atom is -0.375 e. The standard InChI is InChI=1S/C10H19N/c1-9(10(2,3)4)11-7-5-6-8-11/h1,5-8H2,2-4H3. The summed E-state index contributed by atoms with van der Waals surface area (Å²) in [6, 6.07) is 0. The highest BCUT2D eigenvalue weighted by Crippen LogP contribution is 2.28. The smallest absolute Gasteiger partial charge is 0.0175 e. The Bertz CT molecular complexity index is 147. The van der Waals surface area contributed by atoms with E-state index in [4.69, 9.17) is 0 Å². The van der Waals surface area contributed by atoms with Crippen LogP contribution in [0.5, 0.6) is 0 Å². The SMILES string of the molecule is C=C(N1CCCC1)C(C)(C)C. The zero-order valence-electron chi connectivity index (χ0n) is 7.98. The number of hydrogen-bond acceptors (Lipinski definition) is 1. The van der Waals surface area contributed by atoms with Crippen molar-refractivity contribution in [2.24, 2.45) is 5.41 Å². The van der Waals surface area contributed by atoms with E-state index in [1.807, 2.05) is 0 Å². The van der Waals surface area contributed by atoms with Gasteiger partial charge in [0.15, 0.2) is 0 Å². The molecular weight excluding hydrogens is 134 g/mol. The van der Waals surface area contributed by atoms with Crippen molar-refractivity contribution >= 4 is 0 Å². The first kappa shape index (κ1) is 8.63. The second-order valence-corrected chi connectivity index (χ2v) is 4.39. The molecule has 0 aliphatic carbocycles. The lowest BCUT2D eigenvalue weighted by molar-refractivity contribution is 0.315. The Kier molecular flexibility index (Phi) is 2.26. The van der Waals surface area contributed by atoms with E-state index in [1.165, 1.54) is 31.6 Å². The largest absolute Gasteiger partial charge is 0.375 e. The highest BCUT2D eigenvalue weighted by atomic mass is 15.2. The van der Waals surface area contributed by atoms with E-state index in [9.17, 15) is 0 Å². The van der Waals surface area contributed by atoms with Crippen LogP contribution in [0.4, 0.5) is 0 Å². The number of hydrogen-bond donors (Lipinski definition) is 0. The molecule has 1 saturated heterocycles. The van der Waals surface area contributed by atoms with Gasteiger partial charge >= 0.3 is 0 Å². The van der Waals surface area contributed by atoms with Crippen LogP contribution in [-0.4, -0.2) is 18.0 Å². The van der Waals surface area contributed by atoms with Gasteiger partial charge in [-0.2, -0.15) is 0 Å². The number of allylic oxidation sites excluding steroid dienone is 1. The lowest BCUT2D eigenvalue weighted by atomic mass is 9.92. The van der Waals surface area contributed by atoms with Gasteiger partial charge in [-0.05, 0) is 12.8 Å². The van der Waals surface area contributed by atoms with Gasteiger partial charge in [0, 0.05) is 24.2 Å². The third-order valence-corrected chi connectivity index (χ3v) is 2.35. The summed E-state index contributed by atoms with van der Waals surface area (Å²) in [4.78, 5) is 2.42. The minimum absolute atomic E-state index is 0.254. The van der Waals surface area contributed by atoms with Gasteiger partial charge in [0.05, 0.1) is 0 Å². The fourth-order valence-electron chi connectivity index (χ4n) is 1.46. The summed E-state index contributed by atoms with van der Waals surface area (Å²) in [6.07, 6.45) is 2.68. The van der Waals surface area contributed by atoms with E-state index in [2.05, 4.69) is 32.3 Å². The summed E-state index contributed by atoms with van der Waals surface area (Å²) >= 11 is 0. The van der Waals surface area contributed by atoms with Crippen LogP contribution in [0.2, 0.25) is 0 Å². The van der Waals surface area contributed by atoms with Crippen molar-refractivity contribution in [3.05, 3.63) is 12.3 Å². The van der Waals surface area contributed by atoms with Crippen molar-refractivity contribution < 1.29 is 0 Å². The second kappa shape index (κ2) is 2.88. The molecule has 0 unspecified atom stereocenters. The van der Waals surface area contributed by atoms with Gasteiger partial charge in [0.25, 0.3) is 0 Å². The summed E-state index contributed by atoms with van der Waals surface area (Å²) in [6.45, 7) is 13.3. The van der Waals surface area contributed by atoms with Crippen LogP contribution in [0.3, 0.4) is 0 Å². The molecule has 1 aliphatic rings. The molecule has 1 rings (SSSR count). The quantitative estimate of drug-likeness (QED) is 0.560. The second-order valence-electron chi connectivity index (χ2n) is 4.39. The average molecular weight is 153 g/mol. The Hall–Kier alpha value is -0.460. The summed E-state index contributed by atoms with van der Waals surface area (Å²) < 4.78 is 0. The first-order valence-corrected chi connectivity index (χ1v) is 4.46. The molecule has 1 fully saturated rings. The molecule has 1 aliphatic heterocycles. The van der Waals surface area contributed by atoms with Crippen molar-refractivity contribution in [3.63, 3.8) is 0 Å². The van der Waals surface area contributed by atoms with Gasteiger partial charge in [0.1, 0.15) is 0 Å². The third kappa shape index (κ3) is 1.98. The van der Waals surface area contributed by atoms with Gasteiger partial charge in [-0.25, -0.2) is 0 Å². The van der Waals surface area contributed by atoms with E-state index < -0.39 is 0 Å². The van der Waals surface area contributed by atoms with Gasteiger partial charge in [-0.3, -0.25) is 0 Å². The van der Waals surface area contributed by atoms with Gasteiger partial charge < -0.3 is 4.90 Å². The van der Waals surface area contributed by atoms with Crippen LogP contribution < -0.4 is 0 Å². The molecule has 64 valence electrons. The molecule has 0 aromatic rings. The van der Waals surface area contributed by atoms with E-state index >= 15 is 0 Å². The first-order chi connectivity index (χ1) is 5.02. The first-order valence-electron chi connectivity index (χ1n) is 4.46. The molecule has 0 bridgehead atoms. The molecule has 0 atom stereocenters. The fourth-order valence-corrected chi connectivity index (χ4v) is 1.46. The maximum atomic E-state index is 4.13. The topological polar surface area (TPSA) is 3.24 Å². The summed E-state index contributed by atoms with van der Waals surface area (Å²) in [5.74, 6) is 0. The van der Waals surface area contributed by atoms with Crippen LogP contribution in [0.1, 0.15) is 33.6 Å². The molecule has 1 nitrogen and oxygen atoms in total. The number of nitrogens with zero attached hydrogens (tertiary/aromatic N) is 1. The molecule has 0 N–H and O–H groups in total. The molecule has 0 aromatic heterocycles. The minimum atomic E-state index is 0.254. The van der Waals surface area contributed by atoms with Crippen molar-refractivity contribution in [2.75, 3.05) is 13.1 Å². The van der Waals surface area contributed by atoms with Crippen molar-refractivity contribution in [2.45, 2.75) is 33.6 Å². The third-order valence-electron chi connectivity index (χ3n) is 2.35. The van der Waals surface area contributed by atoms with Gasteiger partial charge in [-0.1, -0.05) is 27.4 Å². The van der Waals surface area contributed by atoms with Gasteiger partial charge in [-0.15, -0.1) is 0 Å². The molecule has 1 heterocycles. The van der Waals surface area contributed by atoms with Gasteiger partial charge in [0.2, 0.25) is 0 Å². The molecular formula is C10H19N. The van der Waals surface area contributed by atoms with Crippen LogP contribution in [0, 0.1) is 5.41 Å². The maximum absolute atomic E-state index is 4.13. The zero-order valence-corrected chi connectivity index (χ0v) is 7.98. The lowest BCUT2D eigenvalue weighted by Gasteiger charge is -2.30. The molecule has 0 radical (unpaired) electrons. The highest BCUT2D eigenvalue weighted by molar-refractivity contribution is 5.05. The Balaban J connectivity index is 2.53. The van der Waals surface area contributed by atoms with Crippen LogP contribution in [0.25, 0.3) is 0 Å². The van der Waals surface area contributed by atoms with E-state index in [-0.39, 0.29) is 5.41 Å². The molecule has 0 saturated carbocycles. The Morgan fingerprint density at radius 3 is 2.00 bits per heavy atom. The summed E-state index contributed by atoms with van der Waals surface area (Å²) in [5, 5.41) is 0. The molecule has 1 heteroatoms. The Morgan fingerprint density at radius 2 is 1.64 bits per heavy atom. The van der Waals surface area contributed by atoms with E-state index in [0.717, 1.165) is 0 Å². The Morgan fingerprint density at radius 1 is 1.18 bits per heavy atom. The Labute approximate surface area is 70.1 Å². The summed E-state index contributed by atoms with van der Waals surface area (Å²) in [5.41, 5.74) is 1.56. The molecule has 11 heavy (non-hydrogen) atoms. The number of likely N-dealkylation sites (tertiary alicyclic amines) is 1. The molecule has 0 spiro atoms. The zero-order chi connectivity index (χ0) is 8.48. The van der Waals surface area contributed by atoms with Crippen LogP contribution >= 0.6 is 0 Å². The predicted molar refractivity (Wildman–Crippen MR) is 49.4 cm³/mol. The van der Waals surface area contributed by atoms with Crippen molar-refractivity contribution in [3.8, 4) is 0 Å². The van der Waals surface area contributed by atoms with E-state index in [1.54, 1.807) is 0 Å². The highest BCUT2D eigenvalue weighted by Gasteiger charge is 2.22. The maximum Gasteiger partial charge on any atom is 0.0175 e. The van der Waals surface area contributed by atoms with Crippen molar-refractivity contribution in [1.29, 1.82) is 0 Å². The molecule has 0 aromatic carbocycles. The normalized spacial score (nSPS) is 19.0. The van der Waals surface area contributed by atoms with Crippen molar-refractivity contribution in [1.82, 2.24) is 4.90 Å². The lowest BCUT2D eigenvalue weighted by Crippen LogP contribution is -2.26. The predicted octanol–water partition coefficient (Wildman–Crippen LogP) is 2.64. The van der Waals surface area contributed by atoms with Crippen LogP contribution in [-0.2, 0) is 0 Å². The number of rotatable bonds is 1. The average Bonchev–Trinajstić information content (AvgIpc) is 2.34. The van der Waals surface area contributed by atoms with Crippen LogP contribution in [0.15, 0.2) is 12.3 Å². The monoisotopic (exact) mass is 153 g/mol. The summed E-state index contributed by atoms with van der Waals surface area (Å²) in [7, 11) is 0.